The van der Waals surface area contributed by atoms with Crippen LogP contribution in [0.15, 0.2) is 46.8 Å². The number of fused-ring (bicyclic) bond motifs is 1. The number of rotatable bonds is 3. The van der Waals surface area contributed by atoms with Crippen LogP contribution in [-0.4, -0.2) is 23.5 Å². The van der Waals surface area contributed by atoms with Gasteiger partial charge < -0.3 is 4.74 Å². The summed E-state index contributed by atoms with van der Waals surface area (Å²) in [6.45, 7) is 9.73. The van der Waals surface area contributed by atoms with Crippen molar-refractivity contribution in [3.05, 3.63) is 36.9 Å². The summed E-state index contributed by atoms with van der Waals surface area (Å²) >= 11 is 1.50. The number of hydrogen-bond acceptors (Lipinski definition) is 4. The zero-order chi connectivity index (χ0) is 15.0. The Labute approximate surface area is 124 Å². The molecule has 1 aliphatic heterocycles. The zero-order valence-corrected chi connectivity index (χ0v) is 13.1. The van der Waals surface area contributed by atoms with Crippen molar-refractivity contribution in [2.45, 2.75) is 30.4 Å². The second kappa shape index (κ2) is 5.09. The van der Waals surface area contributed by atoms with Crippen LogP contribution in [0.25, 0.3) is 0 Å². The Morgan fingerprint density at radius 3 is 2.70 bits per heavy atom. The molecule has 2 rings (SSSR count). The van der Waals surface area contributed by atoms with Gasteiger partial charge in [-0.25, -0.2) is 0 Å². The lowest BCUT2D eigenvalue weighted by Gasteiger charge is -2.43. The number of benzene rings is 1. The van der Waals surface area contributed by atoms with E-state index in [0.717, 1.165) is 16.3 Å². The number of thioether (sulfide) groups is 1. The van der Waals surface area contributed by atoms with Crippen molar-refractivity contribution in [3.63, 3.8) is 0 Å². The molecule has 0 saturated carbocycles. The number of methoxy groups -OCH3 is 1. The van der Waals surface area contributed by atoms with E-state index in [1.807, 2.05) is 45.0 Å². The summed E-state index contributed by atoms with van der Waals surface area (Å²) in [6, 6.07) is 7.83. The Kier molecular flexibility index (Phi) is 3.78. The molecule has 1 aromatic rings. The zero-order valence-electron chi connectivity index (χ0n) is 12.3. The summed E-state index contributed by atoms with van der Waals surface area (Å²) in [5, 5.41) is 0. The highest BCUT2D eigenvalue weighted by atomic mass is 32.2. The quantitative estimate of drug-likeness (QED) is 0.623. The van der Waals surface area contributed by atoms with Gasteiger partial charge in [0, 0.05) is 16.0 Å². The highest BCUT2D eigenvalue weighted by Crippen LogP contribution is 2.53. The van der Waals surface area contributed by atoms with Gasteiger partial charge in [0.25, 0.3) is 0 Å². The van der Waals surface area contributed by atoms with Crippen LogP contribution in [0.1, 0.15) is 20.8 Å². The van der Waals surface area contributed by atoms with Crippen molar-refractivity contribution in [1.82, 2.24) is 0 Å². The number of carbonyl (C=O) groups excluding carboxylic acids is 1. The molecule has 0 aromatic heterocycles. The molecule has 0 aliphatic carbocycles. The van der Waals surface area contributed by atoms with Crippen molar-refractivity contribution < 1.29 is 9.53 Å². The molecule has 0 spiro atoms. The number of esters is 1. The van der Waals surface area contributed by atoms with Crippen molar-refractivity contribution in [1.29, 1.82) is 0 Å². The normalized spacial score (nSPS) is 21.7. The van der Waals surface area contributed by atoms with Crippen molar-refractivity contribution in [2.24, 2.45) is 10.4 Å². The molecule has 1 heterocycles. The van der Waals surface area contributed by atoms with Gasteiger partial charge in [-0.05, 0) is 19.1 Å². The molecular weight excluding hydrogens is 270 g/mol. The van der Waals surface area contributed by atoms with Crippen molar-refractivity contribution in [2.75, 3.05) is 7.11 Å². The first-order valence-electron chi connectivity index (χ1n) is 6.45. The number of nitrogens with zero attached hydrogens (tertiary/aromatic N) is 1. The van der Waals surface area contributed by atoms with E-state index in [4.69, 9.17) is 4.74 Å². The predicted molar refractivity (Wildman–Crippen MR) is 83.8 cm³/mol. The van der Waals surface area contributed by atoms with Crippen molar-refractivity contribution in [3.8, 4) is 0 Å². The van der Waals surface area contributed by atoms with E-state index in [0.29, 0.717) is 0 Å². The second-order valence-corrected chi connectivity index (χ2v) is 6.62. The fraction of sp³-hybridized carbons (Fsp3) is 0.375. The number of para-hydroxylation sites is 1. The van der Waals surface area contributed by atoms with E-state index in [9.17, 15) is 4.79 Å². The first-order valence-corrected chi connectivity index (χ1v) is 7.26. The lowest BCUT2D eigenvalue weighted by atomic mass is 9.75. The SMILES string of the molecule is C=CC(C)(C)C1(C(=O)OC)Sc2ccccc2N=C1C. The average molecular weight is 289 g/mol. The number of carbonyl (C=O) groups is 1. The summed E-state index contributed by atoms with van der Waals surface area (Å²) in [5.74, 6) is -0.289. The van der Waals surface area contributed by atoms with E-state index < -0.39 is 10.2 Å². The Bertz CT molecular complexity index is 592. The third-order valence-corrected chi connectivity index (χ3v) is 5.68. The van der Waals surface area contributed by atoms with E-state index in [2.05, 4.69) is 11.6 Å². The maximum atomic E-state index is 12.5. The largest absolute Gasteiger partial charge is 0.468 e. The molecule has 0 radical (unpaired) electrons. The van der Waals surface area contributed by atoms with Gasteiger partial charge in [-0.3, -0.25) is 9.79 Å². The van der Waals surface area contributed by atoms with Gasteiger partial charge in [0.05, 0.1) is 12.8 Å². The molecule has 4 heteroatoms. The topological polar surface area (TPSA) is 38.7 Å². The lowest BCUT2D eigenvalue weighted by Crippen LogP contribution is -2.54. The van der Waals surface area contributed by atoms with E-state index in [1.165, 1.54) is 18.9 Å². The minimum atomic E-state index is -0.877. The van der Waals surface area contributed by atoms with Gasteiger partial charge in [-0.1, -0.05) is 43.8 Å². The smallest absolute Gasteiger partial charge is 0.329 e. The summed E-state index contributed by atoms with van der Waals surface area (Å²) in [5.41, 5.74) is 1.17. The average Bonchev–Trinajstić information content (AvgIpc) is 2.45. The standard InChI is InChI=1S/C16H19NO2S/c1-6-15(3,4)16(14(18)19-5)11(2)17-12-9-7-8-10-13(12)20-16/h6-10H,1H2,2-5H3. The van der Waals surface area contributed by atoms with Crippen LogP contribution in [0.5, 0.6) is 0 Å². The lowest BCUT2D eigenvalue weighted by molar-refractivity contribution is -0.143. The Hall–Kier alpha value is -1.55. The van der Waals surface area contributed by atoms with Crippen LogP contribution < -0.4 is 0 Å². The molecule has 0 fully saturated rings. The fourth-order valence-electron chi connectivity index (χ4n) is 2.47. The van der Waals surface area contributed by atoms with E-state index >= 15 is 0 Å². The van der Waals surface area contributed by atoms with Gasteiger partial charge in [-0.2, -0.15) is 0 Å². The number of allylic oxidation sites excluding steroid dienone is 1. The minimum Gasteiger partial charge on any atom is -0.468 e. The molecule has 106 valence electrons. The number of ether oxygens (including phenoxy) is 1. The third kappa shape index (κ3) is 1.99. The monoisotopic (exact) mass is 289 g/mol. The van der Waals surface area contributed by atoms with Gasteiger partial charge >= 0.3 is 5.97 Å². The van der Waals surface area contributed by atoms with Crippen LogP contribution in [0.3, 0.4) is 0 Å². The molecule has 20 heavy (non-hydrogen) atoms. The van der Waals surface area contributed by atoms with Crippen molar-refractivity contribution >= 4 is 29.1 Å². The maximum Gasteiger partial charge on any atom is 0.329 e. The molecule has 1 unspecified atom stereocenters. The number of hydrogen-bond donors (Lipinski definition) is 0. The molecule has 1 aliphatic rings. The molecule has 0 amide bonds. The summed E-state index contributed by atoms with van der Waals surface area (Å²) in [7, 11) is 1.41. The Morgan fingerprint density at radius 1 is 1.45 bits per heavy atom. The number of aliphatic imine (C=N–C) groups is 1. The molecule has 1 atom stereocenters. The Balaban J connectivity index is 2.68. The summed E-state index contributed by atoms with van der Waals surface area (Å²) < 4.78 is 4.20. The molecule has 0 saturated heterocycles. The molecule has 0 bridgehead atoms. The van der Waals surface area contributed by atoms with E-state index in [-0.39, 0.29) is 5.97 Å². The van der Waals surface area contributed by atoms with Crippen LogP contribution in [-0.2, 0) is 9.53 Å². The van der Waals surface area contributed by atoms with Gasteiger partial charge in [0.1, 0.15) is 0 Å². The fourth-order valence-corrected chi connectivity index (χ4v) is 3.87. The highest BCUT2D eigenvalue weighted by Gasteiger charge is 2.55. The van der Waals surface area contributed by atoms with E-state index in [1.54, 1.807) is 6.08 Å². The van der Waals surface area contributed by atoms with Crippen LogP contribution in [0.2, 0.25) is 0 Å². The molecular formula is C16H19NO2S. The summed E-state index contributed by atoms with van der Waals surface area (Å²) in [4.78, 5) is 18.2. The maximum absolute atomic E-state index is 12.5. The van der Waals surface area contributed by atoms with Crippen LogP contribution >= 0.6 is 11.8 Å². The van der Waals surface area contributed by atoms with Gasteiger partial charge in [0.2, 0.25) is 0 Å². The van der Waals surface area contributed by atoms with Gasteiger partial charge in [0.15, 0.2) is 4.75 Å². The highest BCUT2D eigenvalue weighted by molar-refractivity contribution is 8.02. The van der Waals surface area contributed by atoms with Gasteiger partial charge in [-0.15, -0.1) is 6.58 Å². The first-order chi connectivity index (χ1) is 9.39. The first kappa shape index (κ1) is 14.9. The third-order valence-electron chi connectivity index (χ3n) is 3.82. The van der Waals surface area contributed by atoms with Crippen LogP contribution in [0, 0.1) is 5.41 Å². The van der Waals surface area contributed by atoms with Crippen LogP contribution in [0.4, 0.5) is 5.69 Å². The minimum absolute atomic E-state index is 0.289. The second-order valence-electron chi connectivity index (χ2n) is 5.37. The summed E-state index contributed by atoms with van der Waals surface area (Å²) in [6.07, 6.45) is 1.80. The molecule has 0 N–H and O–H groups in total. The molecule has 3 nitrogen and oxygen atoms in total. The predicted octanol–water partition coefficient (Wildman–Crippen LogP) is 4.01. The Morgan fingerprint density at radius 2 is 2.10 bits per heavy atom. The molecule has 1 aromatic carbocycles.